The van der Waals surface area contributed by atoms with Crippen LogP contribution in [0, 0.1) is 0 Å². The molecule has 1 aliphatic heterocycles. The summed E-state index contributed by atoms with van der Waals surface area (Å²) >= 11 is 1.78. The van der Waals surface area contributed by atoms with E-state index in [-0.39, 0.29) is 5.60 Å². The molecule has 2 heterocycles. The molecule has 1 fully saturated rings. The third-order valence-corrected chi connectivity index (χ3v) is 4.65. The zero-order valence-corrected chi connectivity index (χ0v) is 12.2. The summed E-state index contributed by atoms with van der Waals surface area (Å²) in [5.74, 6) is 0.547. The summed E-state index contributed by atoms with van der Waals surface area (Å²) in [5, 5.41) is 3.43. The Labute approximate surface area is 118 Å². The fourth-order valence-electron chi connectivity index (χ4n) is 2.66. The van der Waals surface area contributed by atoms with Crippen LogP contribution in [0.25, 0.3) is 11.3 Å². The minimum Gasteiger partial charge on any atom is -0.376 e. The van der Waals surface area contributed by atoms with E-state index in [1.54, 1.807) is 11.3 Å². The molecule has 1 aromatic heterocycles. The van der Waals surface area contributed by atoms with Crippen molar-refractivity contribution in [2.24, 2.45) is 0 Å². The smallest absolute Gasteiger partial charge is 0.0965 e. The Kier molecular flexibility index (Phi) is 3.42. The average molecular weight is 273 g/mol. The van der Waals surface area contributed by atoms with Gasteiger partial charge in [-0.05, 0) is 26.7 Å². The number of hydrogen-bond acceptors (Lipinski definition) is 3. The quantitative estimate of drug-likeness (QED) is 0.804. The predicted octanol–water partition coefficient (Wildman–Crippen LogP) is 4.48. The van der Waals surface area contributed by atoms with Crippen LogP contribution in [0.5, 0.6) is 0 Å². The Hall–Kier alpha value is -1.19. The van der Waals surface area contributed by atoms with E-state index in [0.717, 1.165) is 25.1 Å². The van der Waals surface area contributed by atoms with E-state index in [2.05, 4.69) is 43.5 Å². The van der Waals surface area contributed by atoms with Crippen LogP contribution in [-0.4, -0.2) is 17.2 Å². The van der Waals surface area contributed by atoms with E-state index in [1.807, 2.05) is 6.07 Å². The highest BCUT2D eigenvalue weighted by Crippen LogP contribution is 2.37. The molecule has 0 N–H and O–H groups in total. The van der Waals surface area contributed by atoms with Crippen molar-refractivity contribution in [3.05, 3.63) is 40.7 Å². The summed E-state index contributed by atoms with van der Waals surface area (Å²) in [5.41, 5.74) is 2.29. The molecule has 19 heavy (non-hydrogen) atoms. The predicted molar refractivity (Wildman–Crippen MR) is 79.6 cm³/mol. The van der Waals surface area contributed by atoms with Crippen LogP contribution in [0.15, 0.2) is 35.7 Å². The monoisotopic (exact) mass is 273 g/mol. The average Bonchev–Trinajstić information content (AvgIpc) is 2.88. The molecule has 3 rings (SSSR count). The number of ether oxygens (including phenoxy) is 1. The van der Waals surface area contributed by atoms with Gasteiger partial charge in [0.1, 0.15) is 0 Å². The summed E-state index contributed by atoms with van der Waals surface area (Å²) < 4.78 is 5.79. The van der Waals surface area contributed by atoms with Crippen molar-refractivity contribution in [2.45, 2.75) is 38.2 Å². The third kappa shape index (κ3) is 2.88. The summed E-state index contributed by atoms with van der Waals surface area (Å²) in [4.78, 5) is 4.83. The van der Waals surface area contributed by atoms with Gasteiger partial charge in [-0.15, -0.1) is 11.3 Å². The van der Waals surface area contributed by atoms with Gasteiger partial charge in [0.2, 0.25) is 0 Å². The largest absolute Gasteiger partial charge is 0.376 e. The fraction of sp³-hybridized carbons (Fsp3) is 0.438. The first-order valence-corrected chi connectivity index (χ1v) is 7.67. The molecule has 3 heteroatoms. The molecule has 1 aromatic carbocycles. The molecule has 1 atom stereocenters. The number of nitrogens with zero attached hydrogens (tertiary/aromatic N) is 1. The molecule has 2 aromatic rings. The molecule has 0 spiro atoms. The Morgan fingerprint density at radius 2 is 2.05 bits per heavy atom. The van der Waals surface area contributed by atoms with Gasteiger partial charge in [0.25, 0.3) is 0 Å². The van der Waals surface area contributed by atoms with Crippen LogP contribution in [0.1, 0.15) is 37.6 Å². The number of benzene rings is 1. The lowest BCUT2D eigenvalue weighted by atomic mass is 9.89. The fourth-order valence-corrected chi connectivity index (χ4v) is 3.63. The van der Waals surface area contributed by atoms with Gasteiger partial charge >= 0.3 is 0 Å². The van der Waals surface area contributed by atoms with E-state index in [0.29, 0.717) is 5.92 Å². The summed E-state index contributed by atoms with van der Waals surface area (Å²) in [6, 6.07) is 10.4. The van der Waals surface area contributed by atoms with Crippen LogP contribution in [0.3, 0.4) is 0 Å². The number of aromatic nitrogens is 1. The molecular formula is C16H19NOS. The van der Waals surface area contributed by atoms with Gasteiger partial charge in [0.05, 0.1) is 16.3 Å². The summed E-state index contributed by atoms with van der Waals surface area (Å²) in [6.45, 7) is 5.19. The lowest BCUT2D eigenvalue weighted by Gasteiger charge is -2.34. The Morgan fingerprint density at radius 3 is 2.79 bits per heavy atom. The van der Waals surface area contributed by atoms with Gasteiger partial charge in [0, 0.05) is 23.5 Å². The Morgan fingerprint density at radius 1 is 1.26 bits per heavy atom. The Balaban J connectivity index is 1.82. The molecule has 0 aliphatic carbocycles. The molecule has 0 radical (unpaired) electrons. The summed E-state index contributed by atoms with van der Waals surface area (Å²) in [6.07, 6.45) is 2.15. The third-order valence-electron chi connectivity index (χ3n) is 3.64. The van der Waals surface area contributed by atoms with Crippen LogP contribution in [0.4, 0.5) is 0 Å². The van der Waals surface area contributed by atoms with Crippen molar-refractivity contribution >= 4 is 11.3 Å². The van der Waals surface area contributed by atoms with Gasteiger partial charge in [0.15, 0.2) is 0 Å². The van der Waals surface area contributed by atoms with E-state index >= 15 is 0 Å². The number of hydrogen-bond donors (Lipinski definition) is 0. The second-order valence-corrected chi connectivity index (χ2v) is 6.62. The SMILES string of the molecule is CC1(C)C[C@@H](c2nc(-c3ccccc3)cs2)CCO1. The van der Waals surface area contributed by atoms with E-state index < -0.39 is 0 Å². The first-order chi connectivity index (χ1) is 9.14. The number of thiazole rings is 1. The second kappa shape index (κ2) is 5.06. The summed E-state index contributed by atoms with van der Waals surface area (Å²) in [7, 11) is 0. The maximum Gasteiger partial charge on any atom is 0.0965 e. The van der Waals surface area contributed by atoms with Crippen molar-refractivity contribution < 1.29 is 4.74 Å². The second-order valence-electron chi connectivity index (χ2n) is 5.73. The van der Waals surface area contributed by atoms with E-state index in [4.69, 9.17) is 9.72 Å². The van der Waals surface area contributed by atoms with Crippen molar-refractivity contribution in [3.63, 3.8) is 0 Å². The highest BCUT2D eigenvalue weighted by atomic mass is 32.1. The lowest BCUT2D eigenvalue weighted by molar-refractivity contribution is -0.0593. The molecule has 0 saturated carbocycles. The minimum absolute atomic E-state index is 0.0124. The maximum atomic E-state index is 5.79. The zero-order valence-electron chi connectivity index (χ0n) is 11.4. The van der Waals surface area contributed by atoms with Crippen molar-refractivity contribution in [2.75, 3.05) is 6.61 Å². The molecular weight excluding hydrogens is 254 g/mol. The minimum atomic E-state index is -0.0124. The van der Waals surface area contributed by atoms with Gasteiger partial charge in [-0.25, -0.2) is 4.98 Å². The van der Waals surface area contributed by atoms with Crippen molar-refractivity contribution in [1.82, 2.24) is 4.98 Å². The molecule has 1 saturated heterocycles. The molecule has 0 amide bonds. The first kappa shape index (κ1) is 12.8. The van der Waals surface area contributed by atoms with E-state index in [1.165, 1.54) is 10.6 Å². The van der Waals surface area contributed by atoms with Gasteiger partial charge in [-0.2, -0.15) is 0 Å². The normalized spacial score (nSPS) is 22.3. The highest BCUT2D eigenvalue weighted by molar-refractivity contribution is 7.10. The van der Waals surface area contributed by atoms with Crippen molar-refractivity contribution in [1.29, 1.82) is 0 Å². The zero-order chi connectivity index (χ0) is 13.3. The Bertz CT molecular complexity index is 547. The van der Waals surface area contributed by atoms with Crippen LogP contribution in [0.2, 0.25) is 0 Å². The molecule has 100 valence electrons. The van der Waals surface area contributed by atoms with Crippen LogP contribution < -0.4 is 0 Å². The topological polar surface area (TPSA) is 22.1 Å². The van der Waals surface area contributed by atoms with Gasteiger partial charge < -0.3 is 4.74 Å². The first-order valence-electron chi connectivity index (χ1n) is 6.79. The highest BCUT2D eigenvalue weighted by Gasteiger charge is 2.31. The van der Waals surface area contributed by atoms with Gasteiger partial charge in [-0.3, -0.25) is 0 Å². The molecule has 0 unspecified atom stereocenters. The van der Waals surface area contributed by atoms with Crippen LogP contribution >= 0.6 is 11.3 Å². The molecule has 0 bridgehead atoms. The lowest BCUT2D eigenvalue weighted by Crippen LogP contribution is -2.32. The number of rotatable bonds is 2. The van der Waals surface area contributed by atoms with Crippen molar-refractivity contribution in [3.8, 4) is 11.3 Å². The van der Waals surface area contributed by atoms with Gasteiger partial charge in [-0.1, -0.05) is 30.3 Å². The van der Waals surface area contributed by atoms with Crippen LogP contribution in [-0.2, 0) is 4.74 Å². The molecule has 1 aliphatic rings. The standard InChI is InChI=1S/C16H19NOS/c1-16(2)10-13(8-9-18-16)15-17-14(11-19-15)12-6-4-3-5-7-12/h3-7,11,13H,8-10H2,1-2H3/t13-/m0/s1. The van der Waals surface area contributed by atoms with E-state index in [9.17, 15) is 0 Å². The maximum absolute atomic E-state index is 5.79. The molecule has 2 nitrogen and oxygen atoms in total.